The summed E-state index contributed by atoms with van der Waals surface area (Å²) < 4.78 is 6.94. The van der Waals surface area contributed by atoms with Crippen LogP contribution in [-0.4, -0.2) is 41.4 Å². The van der Waals surface area contributed by atoms with E-state index in [4.69, 9.17) is 4.74 Å². The van der Waals surface area contributed by atoms with Crippen LogP contribution in [0.15, 0.2) is 60.7 Å². The summed E-state index contributed by atoms with van der Waals surface area (Å²) in [7, 11) is 4.32. The van der Waals surface area contributed by atoms with Crippen molar-refractivity contribution in [3.05, 3.63) is 71.8 Å². The maximum atomic E-state index is 13.5. The molecule has 2 saturated heterocycles. The van der Waals surface area contributed by atoms with Crippen LogP contribution in [0.5, 0.6) is 0 Å². The number of fused-ring (bicyclic) bond motifs is 2. The van der Waals surface area contributed by atoms with Crippen molar-refractivity contribution in [2.75, 3.05) is 14.1 Å². The van der Waals surface area contributed by atoms with Crippen molar-refractivity contribution in [2.45, 2.75) is 49.5 Å². The fourth-order valence-electron chi connectivity index (χ4n) is 5.06. The van der Waals surface area contributed by atoms with E-state index in [1.54, 1.807) is 24.3 Å². The van der Waals surface area contributed by atoms with E-state index < -0.39 is 17.3 Å². The lowest BCUT2D eigenvalue weighted by Crippen LogP contribution is -3.00. The third-order valence-corrected chi connectivity index (χ3v) is 6.90. The van der Waals surface area contributed by atoms with E-state index in [1.807, 2.05) is 36.4 Å². The first-order valence-electron chi connectivity index (χ1n) is 9.81. The van der Waals surface area contributed by atoms with E-state index in [0.29, 0.717) is 21.7 Å². The number of nitrogens with zero attached hydrogens (tertiary/aromatic N) is 1. The summed E-state index contributed by atoms with van der Waals surface area (Å²) in [4.78, 5) is 13.5. The zero-order chi connectivity index (χ0) is 19.1. The number of esters is 1. The van der Waals surface area contributed by atoms with Gasteiger partial charge in [0.05, 0.1) is 20.1 Å². The average Bonchev–Trinajstić information content (AvgIpc) is 2.84. The van der Waals surface area contributed by atoms with Gasteiger partial charge in [0.15, 0.2) is 0 Å². The summed E-state index contributed by atoms with van der Waals surface area (Å²) in [6.07, 6.45) is 5.01. The van der Waals surface area contributed by atoms with Gasteiger partial charge < -0.3 is 26.8 Å². The second kappa shape index (κ2) is 7.62. The molecular weight excluding hydrogens is 418 g/mol. The monoisotopic (exact) mass is 445 g/mol. The van der Waals surface area contributed by atoms with Crippen LogP contribution >= 0.6 is 0 Å². The second-order valence-corrected chi connectivity index (χ2v) is 8.40. The molecule has 2 aliphatic heterocycles. The van der Waals surface area contributed by atoms with Crippen LogP contribution < -0.4 is 17.0 Å². The molecule has 4 rings (SSSR count). The highest BCUT2D eigenvalue weighted by Gasteiger charge is 2.61. The number of quaternary nitrogens is 1. The van der Waals surface area contributed by atoms with Crippen molar-refractivity contribution >= 4 is 5.97 Å². The minimum Gasteiger partial charge on any atom is -1.00 e. The minimum absolute atomic E-state index is 0. The number of halogens is 1. The number of piperidine rings is 1. The molecule has 0 amide bonds. The first-order valence-corrected chi connectivity index (χ1v) is 9.81. The minimum atomic E-state index is -1.81. The van der Waals surface area contributed by atoms with Gasteiger partial charge in [0, 0.05) is 19.3 Å². The molecule has 2 aliphatic rings. The molecule has 2 unspecified atom stereocenters. The van der Waals surface area contributed by atoms with Crippen LogP contribution in [0.25, 0.3) is 0 Å². The zero-order valence-electron chi connectivity index (χ0n) is 16.5. The topological polar surface area (TPSA) is 46.5 Å². The molecule has 1 N–H and O–H groups in total. The van der Waals surface area contributed by atoms with Gasteiger partial charge in [-0.25, -0.2) is 4.79 Å². The van der Waals surface area contributed by atoms with Crippen LogP contribution in [0.4, 0.5) is 0 Å². The average molecular weight is 446 g/mol. The quantitative estimate of drug-likeness (QED) is 0.553. The lowest BCUT2D eigenvalue weighted by molar-refractivity contribution is -0.977. The van der Waals surface area contributed by atoms with Crippen molar-refractivity contribution in [1.29, 1.82) is 0 Å². The predicted octanol–water partition coefficient (Wildman–Crippen LogP) is 0.589. The van der Waals surface area contributed by atoms with Crippen LogP contribution in [-0.2, 0) is 15.1 Å². The number of ether oxygens (including phenoxy) is 1. The summed E-state index contributed by atoms with van der Waals surface area (Å²) in [5.41, 5.74) is -1.29. The SMILES string of the molecule is C[N+]1(C)C2CCCC1(OC(=O)C(O)(c1ccccc1)c1ccccc1)CC2.[Br-]. The Morgan fingerprint density at radius 2 is 1.54 bits per heavy atom. The number of carbonyl (C=O) groups excluding carboxylic acids is 1. The van der Waals surface area contributed by atoms with Crippen LogP contribution in [0, 0.1) is 0 Å². The standard InChI is InChI=1S/C23H28NO3.BrH/c1-24(2)20-14-9-16-22(24,17-15-20)27-21(25)23(26,18-10-5-3-6-11-18)19-12-7-4-8-13-19;/h3-8,10-13,20,26H,9,14-17H2,1-2H3;1H/q+1;/p-1. The Kier molecular flexibility index (Phi) is 5.72. The Labute approximate surface area is 177 Å². The molecule has 5 heteroatoms. The molecule has 0 aromatic heterocycles. The van der Waals surface area contributed by atoms with Crippen LogP contribution in [0.3, 0.4) is 0 Å². The fraction of sp³-hybridized carbons (Fsp3) is 0.435. The summed E-state index contributed by atoms with van der Waals surface area (Å²) >= 11 is 0. The van der Waals surface area contributed by atoms with Crippen LogP contribution in [0.2, 0.25) is 0 Å². The Morgan fingerprint density at radius 3 is 2.07 bits per heavy atom. The van der Waals surface area contributed by atoms with Gasteiger partial charge in [-0.15, -0.1) is 0 Å². The van der Waals surface area contributed by atoms with Gasteiger partial charge >= 0.3 is 5.97 Å². The maximum Gasteiger partial charge on any atom is 0.352 e. The van der Waals surface area contributed by atoms with Gasteiger partial charge in [-0.05, 0) is 24.0 Å². The molecule has 2 bridgehead atoms. The smallest absolute Gasteiger partial charge is 0.352 e. The Morgan fingerprint density at radius 1 is 1.00 bits per heavy atom. The molecule has 0 spiro atoms. The predicted molar refractivity (Wildman–Crippen MR) is 104 cm³/mol. The van der Waals surface area contributed by atoms with Gasteiger partial charge in [0.25, 0.3) is 0 Å². The van der Waals surface area contributed by atoms with Crippen molar-refractivity contribution in [3.63, 3.8) is 0 Å². The Bertz CT molecular complexity index is 781. The van der Waals surface area contributed by atoms with Gasteiger partial charge in [0.1, 0.15) is 0 Å². The van der Waals surface area contributed by atoms with Crippen molar-refractivity contribution in [3.8, 4) is 0 Å². The molecule has 2 aromatic rings. The molecule has 4 nitrogen and oxygen atoms in total. The lowest BCUT2D eigenvalue weighted by Gasteiger charge is -2.49. The molecular formula is C23H28BrNO3. The molecule has 2 atom stereocenters. The number of hydrogen-bond acceptors (Lipinski definition) is 3. The normalized spacial score (nSPS) is 25.6. The number of carbonyl (C=O) groups is 1. The van der Waals surface area contributed by atoms with Gasteiger partial charge in [-0.2, -0.15) is 0 Å². The van der Waals surface area contributed by atoms with Crippen molar-refractivity contribution in [1.82, 2.24) is 0 Å². The molecule has 28 heavy (non-hydrogen) atoms. The number of rotatable bonds is 4. The summed E-state index contributed by atoms with van der Waals surface area (Å²) in [5.74, 6) is -0.575. The van der Waals surface area contributed by atoms with Gasteiger partial charge in [0.2, 0.25) is 11.3 Å². The van der Waals surface area contributed by atoms with Gasteiger partial charge in [-0.3, -0.25) is 4.48 Å². The third-order valence-electron chi connectivity index (χ3n) is 6.90. The fourth-order valence-corrected chi connectivity index (χ4v) is 5.06. The molecule has 2 heterocycles. The molecule has 150 valence electrons. The Hall–Kier alpha value is -1.69. The van der Waals surface area contributed by atoms with E-state index in [0.717, 1.165) is 25.7 Å². The summed E-state index contributed by atoms with van der Waals surface area (Å²) in [5, 5.41) is 11.7. The molecule has 0 aliphatic carbocycles. The first kappa shape index (κ1) is 21.0. The van der Waals surface area contributed by atoms with E-state index in [-0.39, 0.29) is 17.0 Å². The van der Waals surface area contributed by atoms with Crippen molar-refractivity contribution < 1.29 is 36.1 Å². The molecule has 0 saturated carbocycles. The van der Waals surface area contributed by atoms with E-state index in [2.05, 4.69) is 14.1 Å². The maximum absolute atomic E-state index is 13.5. The molecule has 2 aromatic carbocycles. The summed E-state index contributed by atoms with van der Waals surface area (Å²) in [6.45, 7) is 0. The third kappa shape index (κ3) is 3.10. The highest BCUT2D eigenvalue weighted by atomic mass is 79.9. The van der Waals surface area contributed by atoms with E-state index in [1.165, 1.54) is 6.42 Å². The lowest BCUT2D eigenvalue weighted by atomic mass is 9.86. The largest absolute Gasteiger partial charge is 1.00 e. The van der Waals surface area contributed by atoms with Crippen LogP contribution in [0.1, 0.15) is 43.2 Å². The number of aliphatic hydroxyl groups is 1. The molecule has 2 fully saturated rings. The number of hydrogen-bond donors (Lipinski definition) is 1. The first-order chi connectivity index (χ1) is 12.9. The number of benzene rings is 2. The Balaban J connectivity index is 0.00000225. The second-order valence-electron chi connectivity index (χ2n) is 8.40. The van der Waals surface area contributed by atoms with Gasteiger partial charge in [-0.1, -0.05) is 60.7 Å². The highest BCUT2D eigenvalue weighted by molar-refractivity contribution is 5.85. The molecule has 0 radical (unpaired) electrons. The van der Waals surface area contributed by atoms with Crippen molar-refractivity contribution in [2.24, 2.45) is 0 Å². The van der Waals surface area contributed by atoms with E-state index in [9.17, 15) is 9.90 Å². The zero-order valence-corrected chi connectivity index (χ0v) is 18.1. The summed E-state index contributed by atoms with van der Waals surface area (Å²) in [6, 6.07) is 18.7. The van der Waals surface area contributed by atoms with E-state index >= 15 is 0 Å². The highest BCUT2D eigenvalue weighted by Crippen LogP contribution is 2.49.